The number of benzene rings is 3. The Kier molecular flexibility index (Phi) is 17.8. The maximum absolute atomic E-state index is 14.3. The Morgan fingerprint density at radius 1 is 0.730 bits per heavy atom. The van der Waals surface area contributed by atoms with E-state index in [-0.39, 0.29) is 59.0 Å². The van der Waals surface area contributed by atoms with Gasteiger partial charge in [-0.05, 0) is 78.5 Å². The predicted octanol–water partition coefficient (Wildman–Crippen LogP) is 12.3. The van der Waals surface area contributed by atoms with Crippen molar-refractivity contribution in [3.05, 3.63) is 93.5 Å². The Balaban J connectivity index is 1.27. The molecular formula is C52H71N3O8. The Bertz CT molecular complexity index is 2230. The van der Waals surface area contributed by atoms with Crippen LogP contribution in [-0.4, -0.2) is 47.8 Å². The highest BCUT2D eigenvalue weighted by Crippen LogP contribution is 2.40. The number of aromatic nitrogens is 2. The van der Waals surface area contributed by atoms with Crippen LogP contribution in [0.1, 0.15) is 178 Å². The van der Waals surface area contributed by atoms with E-state index in [2.05, 4.69) is 60.6 Å². The number of carbonyl (C=O) groups excluding carboxylic acids is 3. The number of para-hydroxylation sites is 1. The summed E-state index contributed by atoms with van der Waals surface area (Å²) in [5.74, 6) is -0.376. The summed E-state index contributed by atoms with van der Waals surface area (Å²) in [5, 5.41) is 0.369. The highest BCUT2D eigenvalue weighted by atomic mass is 16.6. The second-order valence-electron chi connectivity index (χ2n) is 18.2. The number of hydrogen-bond donors (Lipinski definition) is 0. The average molecular weight is 866 g/mol. The minimum absolute atomic E-state index is 0.00422. The van der Waals surface area contributed by atoms with Gasteiger partial charge in [0.25, 0.3) is 11.5 Å². The minimum atomic E-state index is -1.53. The van der Waals surface area contributed by atoms with E-state index < -0.39 is 24.1 Å². The zero-order valence-electron chi connectivity index (χ0n) is 39.2. The number of methoxy groups -OCH3 is 1. The monoisotopic (exact) mass is 866 g/mol. The number of carbonyl (C=O) groups is 3. The topological polar surface area (TPSA) is 126 Å². The van der Waals surface area contributed by atoms with Crippen molar-refractivity contribution < 1.29 is 33.3 Å². The molecule has 1 atom stereocenters. The molecule has 4 aromatic rings. The molecule has 2 heterocycles. The summed E-state index contributed by atoms with van der Waals surface area (Å²) in [5.41, 5.74) is 2.45. The van der Waals surface area contributed by atoms with Gasteiger partial charge in [-0.25, -0.2) is 19.5 Å². The van der Waals surface area contributed by atoms with Crippen molar-refractivity contribution in [1.29, 1.82) is 0 Å². The zero-order chi connectivity index (χ0) is 45.6. The van der Waals surface area contributed by atoms with Gasteiger partial charge in [-0.3, -0.25) is 14.2 Å². The molecular weight excluding hydrogens is 795 g/mol. The summed E-state index contributed by atoms with van der Waals surface area (Å²) in [7, 11) is 1.41. The number of unbranched alkanes of at least 4 members (excludes halogenated alkanes) is 11. The first-order valence-electron chi connectivity index (χ1n) is 23.4. The van der Waals surface area contributed by atoms with Gasteiger partial charge < -0.3 is 18.9 Å². The van der Waals surface area contributed by atoms with Crippen LogP contribution in [0.15, 0.2) is 65.5 Å². The molecule has 1 saturated heterocycles. The fraction of sp³-hybridized carbons (Fsp3) is 0.558. The molecule has 0 bridgehead atoms. The molecule has 342 valence electrons. The second kappa shape index (κ2) is 22.9. The number of anilines is 1. The lowest BCUT2D eigenvalue weighted by Crippen LogP contribution is -2.33. The lowest BCUT2D eigenvalue weighted by atomic mass is 9.76. The second-order valence-corrected chi connectivity index (χ2v) is 18.2. The number of rotatable bonds is 26. The lowest BCUT2D eigenvalue weighted by molar-refractivity contribution is -0.122. The molecule has 1 aromatic heterocycles. The predicted molar refractivity (Wildman–Crippen MR) is 250 cm³/mol. The number of amides is 2. The number of imide groups is 1. The van der Waals surface area contributed by atoms with Gasteiger partial charge in [0.05, 0.1) is 42.5 Å². The normalized spacial score (nSPS) is 14.3. The van der Waals surface area contributed by atoms with Crippen molar-refractivity contribution in [3.63, 3.8) is 0 Å². The first-order chi connectivity index (χ1) is 30.3. The molecule has 11 nitrogen and oxygen atoms in total. The SMILES string of the molecule is CCCCCCCCCCCCCCOC(=O)c1ccc(OC)c(N2C(=O)OC(c3nc4ccccc4c(=O)n3CCCOc3ccc(C(C)(C)CC)cc3C(C)(C)CC)C2=O)c1. The van der Waals surface area contributed by atoms with E-state index in [1.165, 1.54) is 93.2 Å². The maximum atomic E-state index is 14.3. The molecule has 5 rings (SSSR count). The third-order valence-corrected chi connectivity index (χ3v) is 12.9. The summed E-state index contributed by atoms with van der Waals surface area (Å²) in [6, 6.07) is 17.8. The van der Waals surface area contributed by atoms with E-state index in [4.69, 9.17) is 23.9 Å². The standard InChI is InChI=1S/C52H71N3O8/c1-9-12-13-14-15-16-17-18-19-20-21-24-33-62-49(58)37-28-30-44(60-8)42(35-37)55-48(57)45(63-50(55)59)46-53-41-27-23-22-26-39(41)47(56)54(46)32-25-34-61-43-31-29-38(51(4,5)10-2)36-40(43)52(6,7)11-3/h22-23,26-31,35-36,45H,9-21,24-25,32-34H2,1-8H3. The van der Waals surface area contributed by atoms with Crippen LogP contribution in [0.4, 0.5) is 10.5 Å². The number of esters is 1. The zero-order valence-corrected chi connectivity index (χ0v) is 39.2. The number of ether oxygens (including phenoxy) is 4. The third-order valence-electron chi connectivity index (χ3n) is 12.9. The first-order valence-corrected chi connectivity index (χ1v) is 23.4. The average Bonchev–Trinajstić information content (AvgIpc) is 3.58. The van der Waals surface area contributed by atoms with Crippen molar-refractivity contribution in [2.75, 3.05) is 25.2 Å². The van der Waals surface area contributed by atoms with Crippen LogP contribution in [0, 0.1) is 0 Å². The quantitative estimate of drug-likeness (QED) is 0.0448. The molecule has 3 aromatic carbocycles. The van der Waals surface area contributed by atoms with Gasteiger partial charge in [-0.1, -0.05) is 143 Å². The molecule has 1 unspecified atom stereocenters. The highest BCUT2D eigenvalue weighted by Gasteiger charge is 2.46. The molecule has 0 saturated carbocycles. The summed E-state index contributed by atoms with van der Waals surface area (Å²) >= 11 is 0. The molecule has 2 amide bonds. The van der Waals surface area contributed by atoms with Gasteiger partial charge in [0, 0.05) is 12.1 Å². The van der Waals surface area contributed by atoms with E-state index in [1.54, 1.807) is 24.3 Å². The molecule has 63 heavy (non-hydrogen) atoms. The van der Waals surface area contributed by atoms with Crippen LogP contribution < -0.4 is 19.9 Å². The molecule has 0 N–H and O–H groups in total. The maximum Gasteiger partial charge on any atom is 0.422 e. The van der Waals surface area contributed by atoms with Gasteiger partial charge >= 0.3 is 12.1 Å². The third kappa shape index (κ3) is 12.3. The fourth-order valence-corrected chi connectivity index (χ4v) is 7.98. The Morgan fingerprint density at radius 2 is 1.37 bits per heavy atom. The first kappa shape index (κ1) is 48.8. The van der Waals surface area contributed by atoms with Crippen LogP contribution in [0.3, 0.4) is 0 Å². The van der Waals surface area contributed by atoms with Gasteiger partial charge in [0.2, 0.25) is 6.10 Å². The number of fused-ring (bicyclic) bond motifs is 1. The smallest absolute Gasteiger partial charge is 0.422 e. The molecule has 1 aliphatic rings. The summed E-state index contributed by atoms with van der Waals surface area (Å²) in [4.78, 5) is 60.8. The fourth-order valence-electron chi connectivity index (χ4n) is 7.98. The molecule has 1 fully saturated rings. The van der Waals surface area contributed by atoms with Gasteiger partial charge in [0.15, 0.2) is 5.82 Å². The van der Waals surface area contributed by atoms with Crippen molar-refractivity contribution in [2.24, 2.45) is 0 Å². The minimum Gasteiger partial charge on any atom is -0.495 e. The Labute approximate surface area is 374 Å². The Hall–Kier alpha value is -5.19. The van der Waals surface area contributed by atoms with Crippen LogP contribution in [0.5, 0.6) is 11.5 Å². The number of hydrogen-bond acceptors (Lipinski definition) is 9. The van der Waals surface area contributed by atoms with E-state index in [0.717, 1.165) is 48.3 Å². The van der Waals surface area contributed by atoms with E-state index in [1.807, 2.05) is 6.07 Å². The highest BCUT2D eigenvalue weighted by molar-refractivity contribution is 6.19. The summed E-state index contributed by atoms with van der Waals surface area (Å²) in [6.45, 7) is 16.2. The number of nitrogens with zero attached hydrogens (tertiary/aromatic N) is 3. The largest absolute Gasteiger partial charge is 0.495 e. The summed E-state index contributed by atoms with van der Waals surface area (Å²) in [6.07, 6.45) is 14.2. The van der Waals surface area contributed by atoms with Crippen LogP contribution in [-0.2, 0) is 31.6 Å². The van der Waals surface area contributed by atoms with Crippen molar-refractivity contribution in [1.82, 2.24) is 9.55 Å². The van der Waals surface area contributed by atoms with Crippen LogP contribution in [0.2, 0.25) is 0 Å². The lowest BCUT2D eigenvalue weighted by Gasteiger charge is -2.30. The van der Waals surface area contributed by atoms with E-state index >= 15 is 0 Å². The summed E-state index contributed by atoms with van der Waals surface area (Å²) < 4.78 is 24.7. The van der Waals surface area contributed by atoms with Crippen LogP contribution in [0.25, 0.3) is 10.9 Å². The molecule has 0 spiro atoms. The number of cyclic esters (lactones) is 1. The van der Waals surface area contributed by atoms with Gasteiger partial charge in [0.1, 0.15) is 11.5 Å². The van der Waals surface area contributed by atoms with Gasteiger partial charge in [-0.2, -0.15) is 0 Å². The van der Waals surface area contributed by atoms with Gasteiger partial charge in [-0.15, -0.1) is 0 Å². The molecule has 11 heteroatoms. The molecule has 1 aliphatic heterocycles. The van der Waals surface area contributed by atoms with E-state index in [9.17, 15) is 19.2 Å². The van der Waals surface area contributed by atoms with Crippen molar-refractivity contribution in [2.45, 2.75) is 168 Å². The molecule has 0 radical (unpaired) electrons. The van der Waals surface area contributed by atoms with Crippen molar-refractivity contribution in [3.8, 4) is 11.5 Å². The van der Waals surface area contributed by atoms with Crippen LogP contribution >= 0.6 is 0 Å². The molecule has 0 aliphatic carbocycles. The Morgan fingerprint density at radius 3 is 2.02 bits per heavy atom. The van der Waals surface area contributed by atoms with E-state index in [0.29, 0.717) is 17.3 Å². The van der Waals surface area contributed by atoms with Crippen molar-refractivity contribution >= 4 is 34.6 Å².